The van der Waals surface area contributed by atoms with E-state index in [1.165, 1.54) is 0 Å². The Morgan fingerprint density at radius 1 is 1.21 bits per heavy atom. The predicted octanol–water partition coefficient (Wildman–Crippen LogP) is 3.62. The second kappa shape index (κ2) is 5.82. The van der Waals surface area contributed by atoms with Crippen LogP contribution in [0.3, 0.4) is 0 Å². The Morgan fingerprint density at radius 2 is 2.00 bits per heavy atom. The highest BCUT2D eigenvalue weighted by Gasteiger charge is 2.24. The van der Waals surface area contributed by atoms with Crippen LogP contribution in [0.2, 0.25) is 0 Å². The van der Waals surface area contributed by atoms with Gasteiger partial charge in [-0.15, -0.1) is 0 Å². The van der Waals surface area contributed by atoms with Crippen LogP contribution in [-0.2, 0) is 0 Å². The lowest BCUT2D eigenvalue weighted by Gasteiger charge is -2.14. The lowest BCUT2D eigenvalue weighted by molar-refractivity contribution is 0.0795. The summed E-state index contributed by atoms with van der Waals surface area (Å²) >= 11 is 0. The molecule has 0 spiro atoms. The van der Waals surface area contributed by atoms with E-state index in [-0.39, 0.29) is 5.91 Å². The summed E-state index contributed by atoms with van der Waals surface area (Å²) in [5.74, 6) is 0.130. The van der Waals surface area contributed by atoms with Gasteiger partial charge in [0, 0.05) is 31.5 Å². The monoisotopic (exact) mass is 322 g/mol. The van der Waals surface area contributed by atoms with Crippen molar-refractivity contribution in [2.45, 2.75) is 32.7 Å². The zero-order valence-corrected chi connectivity index (χ0v) is 14.1. The number of aromatic nitrogens is 3. The van der Waals surface area contributed by atoms with E-state index in [1.807, 2.05) is 47.9 Å². The van der Waals surface area contributed by atoms with Crippen molar-refractivity contribution in [3.05, 3.63) is 48.5 Å². The zero-order valence-electron chi connectivity index (χ0n) is 14.1. The molecule has 4 heterocycles. The van der Waals surface area contributed by atoms with Crippen LogP contribution in [0.15, 0.2) is 43.0 Å². The SMILES string of the molecule is CC(C)n1cnc(-c2cc(C(=O)N3CCCC3)c3ccccn23)c1. The maximum atomic E-state index is 12.9. The molecule has 1 aliphatic heterocycles. The zero-order chi connectivity index (χ0) is 16.7. The summed E-state index contributed by atoms with van der Waals surface area (Å²) < 4.78 is 4.15. The van der Waals surface area contributed by atoms with Gasteiger partial charge in [-0.3, -0.25) is 4.79 Å². The quantitative estimate of drug-likeness (QED) is 0.739. The number of amides is 1. The van der Waals surface area contributed by atoms with Crippen LogP contribution in [0.4, 0.5) is 0 Å². The first-order valence-corrected chi connectivity index (χ1v) is 8.58. The van der Waals surface area contributed by atoms with E-state index in [9.17, 15) is 4.79 Å². The number of hydrogen-bond acceptors (Lipinski definition) is 2. The number of hydrogen-bond donors (Lipinski definition) is 0. The van der Waals surface area contributed by atoms with Crippen LogP contribution in [0, 0.1) is 0 Å². The van der Waals surface area contributed by atoms with Gasteiger partial charge in [-0.25, -0.2) is 4.98 Å². The molecule has 0 unspecified atom stereocenters. The fraction of sp³-hybridized carbons (Fsp3) is 0.368. The molecule has 1 aliphatic rings. The fourth-order valence-corrected chi connectivity index (χ4v) is 3.36. The molecule has 3 aromatic rings. The molecule has 0 aliphatic carbocycles. The molecule has 1 saturated heterocycles. The summed E-state index contributed by atoms with van der Waals surface area (Å²) in [6.45, 7) is 5.98. The van der Waals surface area contributed by atoms with Crippen LogP contribution in [0.1, 0.15) is 43.1 Å². The lowest BCUT2D eigenvalue weighted by atomic mass is 10.2. The minimum atomic E-state index is 0.130. The van der Waals surface area contributed by atoms with Crippen LogP contribution in [-0.4, -0.2) is 37.8 Å². The second-order valence-corrected chi connectivity index (χ2v) is 6.70. The summed E-state index contributed by atoms with van der Waals surface area (Å²) in [6.07, 6.45) is 8.10. The third-order valence-electron chi connectivity index (χ3n) is 4.76. The van der Waals surface area contributed by atoms with Crippen LogP contribution in [0.25, 0.3) is 16.9 Å². The van der Waals surface area contributed by atoms with E-state index in [4.69, 9.17) is 0 Å². The Hall–Kier alpha value is -2.56. The predicted molar refractivity (Wildman–Crippen MR) is 94.1 cm³/mol. The van der Waals surface area contributed by atoms with Crippen molar-refractivity contribution in [3.63, 3.8) is 0 Å². The minimum absolute atomic E-state index is 0.130. The van der Waals surface area contributed by atoms with Gasteiger partial charge in [0.05, 0.1) is 23.1 Å². The van der Waals surface area contributed by atoms with Crippen LogP contribution >= 0.6 is 0 Å². The van der Waals surface area contributed by atoms with Crippen molar-refractivity contribution in [3.8, 4) is 11.4 Å². The van der Waals surface area contributed by atoms with Gasteiger partial charge in [0.2, 0.25) is 0 Å². The molecule has 1 fully saturated rings. The van der Waals surface area contributed by atoms with Crippen LogP contribution in [0.5, 0.6) is 0 Å². The summed E-state index contributed by atoms with van der Waals surface area (Å²) in [6, 6.07) is 8.32. The molecule has 3 aromatic heterocycles. The average Bonchev–Trinajstić information content (AvgIpc) is 3.32. The molecule has 0 N–H and O–H groups in total. The third kappa shape index (κ3) is 2.40. The van der Waals surface area contributed by atoms with Gasteiger partial charge >= 0.3 is 0 Å². The number of pyridine rings is 1. The van der Waals surface area contributed by atoms with Crippen molar-refractivity contribution in [2.75, 3.05) is 13.1 Å². The molecule has 24 heavy (non-hydrogen) atoms. The van der Waals surface area contributed by atoms with Crippen molar-refractivity contribution < 1.29 is 4.79 Å². The van der Waals surface area contributed by atoms with Crippen molar-refractivity contribution >= 4 is 11.4 Å². The van der Waals surface area contributed by atoms with E-state index in [1.54, 1.807) is 0 Å². The van der Waals surface area contributed by atoms with Crippen LogP contribution < -0.4 is 0 Å². The number of carbonyl (C=O) groups is 1. The smallest absolute Gasteiger partial charge is 0.256 e. The topological polar surface area (TPSA) is 42.5 Å². The maximum Gasteiger partial charge on any atom is 0.256 e. The molecule has 0 atom stereocenters. The van der Waals surface area contributed by atoms with Crippen molar-refractivity contribution in [1.29, 1.82) is 0 Å². The van der Waals surface area contributed by atoms with E-state index in [2.05, 4.69) is 27.8 Å². The summed E-state index contributed by atoms with van der Waals surface area (Å²) in [7, 11) is 0. The molecule has 0 saturated carbocycles. The fourth-order valence-electron chi connectivity index (χ4n) is 3.36. The van der Waals surface area contributed by atoms with E-state index in [0.717, 1.165) is 48.4 Å². The summed E-state index contributed by atoms with van der Waals surface area (Å²) in [5, 5.41) is 0. The average molecular weight is 322 g/mol. The molecular formula is C19H22N4O. The first kappa shape index (κ1) is 15.0. The molecule has 0 radical (unpaired) electrons. The molecule has 4 rings (SSSR count). The van der Waals surface area contributed by atoms with E-state index >= 15 is 0 Å². The number of rotatable bonds is 3. The number of likely N-dealkylation sites (tertiary alicyclic amines) is 1. The molecule has 1 amide bonds. The third-order valence-corrected chi connectivity index (χ3v) is 4.76. The van der Waals surface area contributed by atoms with Gasteiger partial charge < -0.3 is 13.9 Å². The Labute approximate surface area is 141 Å². The number of nitrogens with zero attached hydrogens (tertiary/aromatic N) is 4. The van der Waals surface area contributed by atoms with Gasteiger partial charge in [-0.05, 0) is 44.9 Å². The van der Waals surface area contributed by atoms with Gasteiger partial charge in [0.1, 0.15) is 5.69 Å². The van der Waals surface area contributed by atoms with Crippen molar-refractivity contribution in [1.82, 2.24) is 18.9 Å². The molecule has 5 heteroatoms. The minimum Gasteiger partial charge on any atom is -0.339 e. The largest absolute Gasteiger partial charge is 0.339 e. The molecule has 124 valence electrons. The van der Waals surface area contributed by atoms with Gasteiger partial charge in [-0.1, -0.05) is 6.07 Å². The number of fused-ring (bicyclic) bond motifs is 1. The number of imidazole rings is 1. The van der Waals surface area contributed by atoms with Gasteiger partial charge in [-0.2, -0.15) is 0 Å². The number of carbonyl (C=O) groups excluding carboxylic acids is 1. The second-order valence-electron chi connectivity index (χ2n) is 6.70. The van der Waals surface area contributed by atoms with E-state index < -0.39 is 0 Å². The maximum absolute atomic E-state index is 12.9. The molecule has 0 aromatic carbocycles. The highest BCUT2D eigenvalue weighted by atomic mass is 16.2. The Balaban J connectivity index is 1.82. The highest BCUT2D eigenvalue weighted by Crippen LogP contribution is 2.27. The molecular weight excluding hydrogens is 300 g/mol. The Bertz CT molecular complexity index is 884. The van der Waals surface area contributed by atoms with Gasteiger partial charge in [0.25, 0.3) is 5.91 Å². The van der Waals surface area contributed by atoms with E-state index in [0.29, 0.717) is 6.04 Å². The molecule has 0 bridgehead atoms. The normalized spacial score (nSPS) is 14.9. The Kier molecular flexibility index (Phi) is 3.63. The lowest BCUT2D eigenvalue weighted by Crippen LogP contribution is -2.27. The summed E-state index contributed by atoms with van der Waals surface area (Å²) in [5.41, 5.74) is 3.58. The standard InChI is InChI=1S/C19H22N4O/c1-14(2)22-12-16(20-13-22)18-11-15(17-7-3-4-10-23(17)18)19(24)21-8-5-6-9-21/h3-4,7,10-14H,5-6,8-9H2,1-2H3. The first-order valence-electron chi connectivity index (χ1n) is 8.58. The van der Waals surface area contributed by atoms with Gasteiger partial charge in [0.15, 0.2) is 0 Å². The highest BCUT2D eigenvalue weighted by molar-refractivity contribution is 6.02. The summed E-state index contributed by atoms with van der Waals surface area (Å²) in [4.78, 5) is 19.4. The first-order chi connectivity index (χ1) is 11.6. The Morgan fingerprint density at radius 3 is 2.71 bits per heavy atom. The van der Waals surface area contributed by atoms with Crippen molar-refractivity contribution in [2.24, 2.45) is 0 Å². The molecule has 5 nitrogen and oxygen atoms in total.